The first kappa shape index (κ1) is 14.0. The molecule has 14 heavy (non-hydrogen) atoms. The number of nitrogens with one attached hydrogen (secondary N) is 1. The van der Waals surface area contributed by atoms with Gasteiger partial charge in [0.25, 0.3) is 0 Å². The number of hydrogen-bond donors (Lipinski definition) is 1. The van der Waals surface area contributed by atoms with Crippen molar-refractivity contribution in [3.05, 3.63) is 0 Å². The van der Waals surface area contributed by atoms with E-state index in [1.807, 2.05) is 27.7 Å². The highest BCUT2D eigenvalue weighted by Gasteiger charge is 2.31. The van der Waals surface area contributed by atoms with Crippen LogP contribution >= 0.6 is 0 Å². The monoisotopic (exact) mass is 199 g/mol. The van der Waals surface area contributed by atoms with Crippen molar-refractivity contribution in [2.45, 2.75) is 78.8 Å². The summed E-state index contributed by atoms with van der Waals surface area (Å²) in [6, 6.07) is 1.68. The average Bonchev–Trinajstić information content (AvgIpc) is 2.71. The van der Waals surface area contributed by atoms with Gasteiger partial charge in [-0.15, -0.1) is 0 Å². The summed E-state index contributed by atoms with van der Waals surface area (Å²) in [4.78, 5) is 0. The second-order valence-corrected chi connectivity index (χ2v) is 3.94. The lowest BCUT2D eigenvalue weighted by atomic mass is 9.90. The normalized spacial score (nSPS) is 34.5. The third-order valence-electron chi connectivity index (χ3n) is 3.13. The minimum Gasteiger partial charge on any atom is -0.311 e. The molecule has 1 saturated heterocycles. The van der Waals surface area contributed by atoms with Crippen molar-refractivity contribution in [2.24, 2.45) is 5.92 Å². The first-order valence-corrected chi connectivity index (χ1v) is 6.62. The van der Waals surface area contributed by atoms with E-state index in [2.05, 4.69) is 12.2 Å². The first-order chi connectivity index (χ1) is 6.86. The molecule has 0 radical (unpaired) electrons. The SMILES string of the molecule is CC.CC.CC1CCC2CCCC2N1. The van der Waals surface area contributed by atoms with E-state index < -0.39 is 0 Å². The van der Waals surface area contributed by atoms with Crippen LogP contribution in [0, 0.1) is 5.92 Å². The summed E-state index contributed by atoms with van der Waals surface area (Å²) in [6.07, 6.45) is 7.29. The van der Waals surface area contributed by atoms with Crippen molar-refractivity contribution < 1.29 is 0 Å². The fourth-order valence-corrected chi connectivity index (χ4v) is 2.51. The van der Waals surface area contributed by atoms with E-state index in [4.69, 9.17) is 0 Å². The molecule has 0 aromatic rings. The zero-order chi connectivity index (χ0) is 11.0. The van der Waals surface area contributed by atoms with Gasteiger partial charge in [-0.1, -0.05) is 34.1 Å². The van der Waals surface area contributed by atoms with E-state index in [-0.39, 0.29) is 0 Å². The second-order valence-electron chi connectivity index (χ2n) is 3.94. The molecule has 0 bridgehead atoms. The molecule has 86 valence electrons. The average molecular weight is 199 g/mol. The minimum atomic E-state index is 0.791. The molecule has 0 spiro atoms. The van der Waals surface area contributed by atoms with E-state index in [0.29, 0.717) is 0 Å². The molecule has 2 rings (SSSR count). The summed E-state index contributed by atoms with van der Waals surface area (Å²) in [6.45, 7) is 10.3. The molecule has 0 aromatic carbocycles. The van der Waals surface area contributed by atoms with Crippen LogP contribution in [-0.2, 0) is 0 Å². The van der Waals surface area contributed by atoms with Crippen LogP contribution < -0.4 is 5.32 Å². The van der Waals surface area contributed by atoms with Crippen molar-refractivity contribution >= 4 is 0 Å². The summed E-state index contributed by atoms with van der Waals surface area (Å²) in [7, 11) is 0. The molecule has 0 aromatic heterocycles. The summed E-state index contributed by atoms with van der Waals surface area (Å²) in [5.74, 6) is 1.04. The summed E-state index contributed by atoms with van der Waals surface area (Å²) in [5, 5.41) is 3.68. The Morgan fingerprint density at radius 2 is 1.50 bits per heavy atom. The van der Waals surface area contributed by atoms with Gasteiger partial charge in [0.1, 0.15) is 0 Å². The Kier molecular flexibility index (Phi) is 8.26. The van der Waals surface area contributed by atoms with E-state index in [9.17, 15) is 0 Å². The van der Waals surface area contributed by atoms with Gasteiger partial charge in [-0.25, -0.2) is 0 Å². The van der Waals surface area contributed by atoms with Gasteiger partial charge in [0.2, 0.25) is 0 Å². The smallest absolute Gasteiger partial charge is 0.00978 e. The molecule has 3 unspecified atom stereocenters. The standard InChI is InChI=1S/C9H17N.2C2H6/c1-7-5-6-8-3-2-4-9(8)10-7;2*1-2/h7-10H,2-6H2,1H3;2*1-2H3. The second kappa shape index (κ2) is 8.28. The minimum absolute atomic E-state index is 0.791. The molecule has 3 atom stereocenters. The van der Waals surface area contributed by atoms with Crippen molar-refractivity contribution in [1.82, 2.24) is 5.32 Å². The Bertz CT molecular complexity index is 122. The maximum Gasteiger partial charge on any atom is 0.00978 e. The zero-order valence-electron chi connectivity index (χ0n) is 10.8. The van der Waals surface area contributed by atoms with Gasteiger partial charge in [-0.2, -0.15) is 0 Å². The van der Waals surface area contributed by atoms with Gasteiger partial charge in [-0.05, 0) is 38.5 Å². The highest BCUT2D eigenvalue weighted by molar-refractivity contribution is 4.89. The van der Waals surface area contributed by atoms with Gasteiger partial charge >= 0.3 is 0 Å². The fourth-order valence-electron chi connectivity index (χ4n) is 2.51. The molecule has 1 heteroatoms. The van der Waals surface area contributed by atoms with Crippen LogP contribution in [0.4, 0.5) is 0 Å². The topological polar surface area (TPSA) is 12.0 Å². The van der Waals surface area contributed by atoms with Gasteiger partial charge in [0, 0.05) is 12.1 Å². The molecule has 1 nitrogen and oxygen atoms in total. The lowest BCUT2D eigenvalue weighted by Crippen LogP contribution is -2.43. The molecule has 1 aliphatic heterocycles. The number of hydrogen-bond acceptors (Lipinski definition) is 1. The Balaban J connectivity index is 0.000000379. The molecule has 2 aliphatic rings. The van der Waals surface area contributed by atoms with Gasteiger partial charge < -0.3 is 5.32 Å². The van der Waals surface area contributed by atoms with E-state index in [1.54, 1.807) is 0 Å². The molecule has 2 fully saturated rings. The van der Waals surface area contributed by atoms with Crippen LogP contribution in [0.15, 0.2) is 0 Å². The molecule has 1 saturated carbocycles. The maximum absolute atomic E-state index is 3.68. The molecular weight excluding hydrogens is 170 g/mol. The predicted molar refractivity (Wildman–Crippen MR) is 65.7 cm³/mol. The largest absolute Gasteiger partial charge is 0.311 e. The summed E-state index contributed by atoms with van der Waals surface area (Å²) < 4.78 is 0. The van der Waals surface area contributed by atoms with Crippen LogP contribution in [0.5, 0.6) is 0 Å². The summed E-state index contributed by atoms with van der Waals surface area (Å²) >= 11 is 0. The van der Waals surface area contributed by atoms with Crippen LogP contribution in [0.25, 0.3) is 0 Å². The molecule has 1 N–H and O–H groups in total. The molecule has 1 aliphatic carbocycles. The summed E-state index contributed by atoms with van der Waals surface area (Å²) in [5.41, 5.74) is 0. The number of rotatable bonds is 0. The van der Waals surface area contributed by atoms with Crippen molar-refractivity contribution in [1.29, 1.82) is 0 Å². The first-order valence-electron chi connectivity index (χ1n) is 6.62. The van der Waals surface area contributed by atoms with Crippen molar-refractivity contribution in [3.8, 4) is 0 Å². The van der Waals surface area contributed by atoms with Crippen LogP contribution in [-0.4, -0.2) is 12.1 Å². The lowest BCUT2D eigenvalue weighted by molar-refractivity contribution is 0.269. The Morgan fingerprint density at radius 1 is 0.857 bits per heavy atom. The quantitative estimate of drug-likeness (QED) is 0.622. The van der Waals surface area contributed by atoms with Crippen LogP contribution in [0.3, 0.4) is 0 Å². The number of piperidine rings is 1. The third kappa shape index (κ3) is 4.00. The Morgan fingerprint density at radius 3 is 2.14 bits per heavy atom. The van der Waals surface area contributed by atoms with E-state index >= 15 is 0 Å². The van der Waals surface area contributed by atoms with E-state index in [0.717, 1.165) is 18.0 Å². The van der Waals surface area contributed by atoms with Crippen molar-refractivity contribution in [3.63, 3.8) is 0 Å². The Labute approximate surface area is 90.7 Å². The molecule has 1 heterocycles. The molecule has 0 amide bonds. The fraction of sp³-hybridized carbons (Fsp3) is 1.00. The van der Waals surface area contributed by atoms with Crippen LogP contribution in [0.2, 0.25) is 0 Å². The predicted octanol–water partition coefficient (Wildman–Crippen LogP) is 3.98. The zero-order valence-corrected chi connectivity index (χ0v) is 10.8. The van der Waals surface area contributed by atoms with Crippen LogP contribution in [0.1, 0.15) is 66.7 Å². The highest BCUT2D eigenvalue weighted by Crippen LogP contribution is 2.33. The Hall–Kier alpha value is -0.0400. The highest BCUT2D eigenvalue weighted by atomic mass is 15.0. The van der Waals surface area contributed by atoms with E-state index in [1.165, 1.54) is 32.1 Å². The molecular formula is C13H29N. The van der Waals surface area contributed by atoms with Gasteiger partial charge in [0.05, 0.1) is 0 Å². The van der Waals surface area contributed by atoms with Gasteiger partial charge in [0.15, 0.2) is 0 Å². The van der Waals surface area contributed by atoms with Gasteiger partial charge in [-0.3, -0.25) is 0 Å². The third-order valence-corrected chi connectivity index (χ3v) is 3.13. The number of fused-ring (bicyclic) bond motifs is 1. The maximum atomic E-state index is 3.68. The van der Waals surface area contributed by atoms with Crippen molar-refractivity contribution in [2.75, 3.05) is 0 Å². The lowest BCUT2D eigenvalue weighted by Gasteiger charge is -2.31.